The van der Waals surface area contributed by atoms with Crippen LogP contribution in [0.25, 0.3) is 0 Å². The first-order valence-electron chi connectivity index (χ1n) is 5.79. The predicted octanol–water partition coefficient (Wildman–Crippen LogP) is 0.827. The zero-order valence-electron chi connectivity index (χ0n) is 10.5. The molecular weight excluding hydrogens is 216 g/mol. The Balaban J connectivity index is 1.82. The van der Waals surface area contributed by atoms with Gasteiger partial charge in [-0.3, -0.25) is 4.79 Å². The van der Waals surface area contributed by atoms with Crippen molar-refractivity contribution in [3.05, 3.63) is 18.6 Å². The van der Waals surface area contributed by atoms with Crippen molar-refractivity contribution in [3.8, 4) is 0 Å². The van der Waals surface area contributed by atoms with E-state index < -0.39 is 0 Å². The van der Waals surface area contributed by atoms with E-state index in [0.29, 0.717) is 0 Å². The van der Waals surface area contributed by atoms with Crippen molar-refractivity contribution in [2.75, 3.05) is 18.0 Å². The highest BCUT2D eigenvalue weighted by Gasteiger charge is 2.31. The van der Waals surface area contributed by atoms with Crippen LogP contribution in [0.5, 0.6) is 0 Å². The van der Waals surface area contributed by atoms with Gasteiger partial charge in [0.15, 0.2) is 0 Å². The van der Waals surface area contributed by atoms with Gasteiger partial charge in [0.25, 0.3) is 0 Å². The number of anilines is 1. The van der Waals surface area contributed by atoms with E-state index in [0.717, 1.165) is 18.9 Å². The highest BCUT2D eigenvalue weighted by Crippen LogP contribution is 2.19. The Morgan fingerprint density at radius 1 is 1.47 bits per heavy atom. The second-order valence-corrected chi connectivity index (χ2v) is 5.39. The first-order chi connectivity index (χ1) is 7.97. The highest BCUT2D eigenvalue weighted by atomic mass is 16.2. The van der Waals surface area contributed by atoms with E-state index in [2.05, 4.69) is 20.2 Å². The van der Waals surface area contributed by atoms with Crippen molar-refractivity contribution in [3.63, 3.8) is 0 Å². The Hall–Kier alpha value is -1.65. The summed E-state index contributed by atoms with van der Waals surface area (Å²) in [5.41, 5.74) is -0.324. The lowest BCUT2D eigenvalue weighted by Crippen LogP contribution is -2.61. The fraction of sp³-hybridized carbons (Fsp3) is 0.583. The molecule has 1 aliphatic heterocycles. The average molecular weight is 234 g/mol. The average Bonchev–Trinajstić information content (AvgIpc) is 2.22. The van der Waals surface area contributed by atoms with Crippen LogP contribution in [-0.4, -0.2) is 35.0 Å². The molecule has 0 spiro atoms. The van der Waals surface area contributed by atoms with E-state index in [1.54, 1.807) is 6.20 Å². The Morgan fingerprint density at radius 3 is 2.71 bits per heavy atom. The second kappa shape index (κ2) is 4.31. The first-order valence-corrected chi connectivity index (χ1v) is 5.79. The molecule has 0 atom stereocenters. The molecule has 1 aromatic rings. The lowest BCUT2D eigenvalue weighted by Gasteiger charge is -2.41. The van der Waals surface area contributed by atoms with Crippen molar-refractivity contribution in [2.24, 2.45) is 5.41 Å². The summed E-state index contributed by atoms with van der Waals surface area (Å²) in [5, 5.41) is 3.03. The van der Waals surface area contributed by atoms with E-state index in [1.807, 2.05) is 26.8 Å². The summed E-state index contributed by atoms with van der Waals surface area (Å²) in [6, 6.07) is 2.11. The van der Waals surface area contributed by atoms with Crippen LogP contribution in [0.4, 0.5) is 5.82 Å². The Labute approximate surface area is 101 Å². The summed E-state index contributed by atoms with van der Waals surface area (Å²) in [6.07, 6.45) is 3.26. The van der Waals surface area contributed by atoms with Gasteiger partial charge in [-0.25, -0.2) is 9.97 Å². The largest absolute Gasteiger partial charge is 0.352 e. The second-order valence-electron chi connectivity index (χ2n) is 5.39. The molecule has 92 valence electrons. The van der Waals surface area contributed by atoms with E-state index in [1.165, 1.54) is 6.33 Å². The maximum Gasteiger partial charge on any atom is 0.225 e. The summed E-state index contributed by atoms with van der Waals surface area (Å²) < 4.78 is 0. The number of nitrogens with one attached hydrogen (secondary N) is 1. The summed E-state index contributed by atoms with van der Waals surface area (Å²) in [4.78, 5) is 21.9. The minimum atomic E-state index is -0.324. The zero-order valence-corrected chi connectivity index (χ0v) is 10.5. The monoisotopic (exact) mass is 234 g/mol. The molecule has 1 aromatic heterocycles. The number of carbonyl (C=O) groups is 1. The molecule has 0 aliphatic carbocycles. The van der Waals surface area contributed by atoms with Gasteiger partial charge in [-0.15, -0.1) is 0 Å². The Bertz CT molecular complexity index is 393. The van der Waals surface area contributed by atoms with Crippen molar-refractivity contribution >= 4 is 11.7 Å². The molecule has 5 nitrogen and oxygen atoms in total. The van der Waals surface area contributed by atoms with Crippen LogP contribution in [0.15, 0.2) is 18.6 Å². The number of amides is 1. The highest BCUT2D eigenvalue weighted by molar-refractivity contribution is 5.82. The molecule has 0 radical (unpaired) electrons. The molecule has 0 saturated carbocycles. The lowest BCUT2D eigenvalue weighted by atomic mass is 9.94. The van der Waals surface area contributed by atoms with Gasteiger partial charge in [-0.2, -0.15) is 0 Å². The maximum atomic E-state index is 11.8. The number of rotatable bonds is 2. The molecule has 0 unspecified atom stereocenters. The van der Waals surface area contributed by atoms with Gasteiger partial charge in [0.1, 0.15) is 12.1 Å². The van der Waals surface area contributed by atoms with Gasteiger partial charge in [0, 0.05) is 24.7 Å². The molecule has 1 fully saturated rings. The van der Waals surface area contributed by atoms with Crippen LogP contribution in [0, 0.1) is 5.41 Å². The molecule has 0 aromatic carbocycles. The molecule has 1 saturated heterocycles. The van der Waals surface area contributed by atoms with Crippen molar-refractivity contribution in [2.45, 2.75) is 26.8 Å². The van der Waals surface area contributed by atoms with E-state index in [4.69, 9.17) is 0 Å². The van der Waals surface area contributed by atoms with Crippen LogP contribution in [0.2, 0.25) is 0 Å². The molecule has 0 bridgehead atoms. The van der Waals surface area contributed by atoms with Gasteiger partial charge >= 0.3 is 0 Å². The number of carbonyl (C=O) groups excluding carboxylic acids is 1. The Kier molecular flexibility index (Phi) is 3.00. The first kappa shape index (κ1) is 11.8. The van der Waals surface area contributed by atoms with Gasteiger partial charge in [0.2, 0.25) is 5.91 Å². The SMILES string of the molecule is CC(C)(C)C(=O)NC1CN(c2ccncn2)C1. The number of hydrogen-bond acceptors (Lipinski definition) is 4. The van der Waals surface area contributed by atoms with Crippen LogP contribution >= 0.6 is 0 Å². The summed E-state index contributed by atoms with van der Waals surface area (Å²) in [5.74, 6) is 1.02. The molecule has 1 N–H and O–H groups in total. The summed E-state index contributed by atoms with van der Waals surface area (Å²) in [6.45, 7) is 7.40. The van der Waals surface area contributed by atoms with Gasteiger partial charge in [-0.05, 0) is 6.07 Å². The van der Waals surface area contributed by atoms with Crippen molar-refractivity contribution in [1.82, 2.24) is 15.3 Å². The third-order valence-corrected chi connectivity index (χ3v) is 2.79. The van der Waals surface area contributed by atoms with Gasteiger partial charge in [0.05, 0.1) is 6.04 Å². The summed E-state index contributed by atoms with van der Waals surface area (Å²) >= 11 is 0. The quantitative estimate of drug-likeness (QED) is 0.823. The molecule has 2 rings (SSSR count). The van der Waals surface area contributed by atoms with Crippen molar-refractivity contribution < 1.29 is 4.79 Å². The predicted molar refractivity (Wildman–Crippen MR) is 65.6 cm³/mol. The fourth-order valence-electron chi connectivity index (χ4n) is 1.63. The zero-order chi connectivity index (χ0) is 12.5. The van der Waals surface area contributed by atoms with Gasteiger partial charge in [-0.1, -0.05) is 20.8 Å². The van der Waals surface area contributed by atoms with Crippen LogP contribution in [0.3, 0.4) is 0 Å². The minimum Gasteiger partial charge on any atom is -0.352 e. The number of hydrogen-bond donors (Lipinski definition) is 1. The van der Waals surface area contributed by atoms with E-state index in [9.17, 15) is 4.79 Å². The fourth-order valence-corrected chi connectivity index (χ4v) is 1.63. The normalized spacial score (nSPS) is 16.5. The molecule has 2 heterocycles. The van der Waals surface area contributed by atoms with Crippen LogP contribution in [0.1, 0.15) is 20.8 Å². The third-order valence-electron chi connectivity index (χ3n) is 2.79. The topological polar surface area (TPSA) is 58.1 Å². The molecule has 1 aliphatic rings. The van der Waals surface area contributed by atoms with E-state index >= 15 is 0 Å². The van der Waals surface area contributed by atoms with Crippen molar-refractivity contribution in [1.29, 1.82) is 0 Å². The molecule has 5 heteroatoms. The van der Waals surface area contributed by atoms with Crippen LogP contribution < -0.4 is 10.2 Å². The smallest absolute Gasteiger partial charge is 0.225 e. The number of aromatic nitrogens is 2. The summed E-state index contributed by atoms with van der Waals surface area (Å²) in [7, 11) is 0. The number of nitrogens with zero attached hydrogens (tertiary/aromatic N) is 3. The molecular formula is C12H18N4O. The standard InChI is InChI=1S/C12H18N4O/c1-12(2,3)11(17)15-9-6-16(7-9)10-4-5-13-8-14-10/h4-5,8-9H,6-7H2,1-3H3,(H,15,17). The molecule has 17 heavy (non-hydrogen) atoms. The third kappa shape index (κ3) is 2.72. The minimum absolute atomic E-state index is 0.102. The van der Waals surface area contributed by atoms with Crippen LogP contribution in [-0.2, 0) is 4.79 Å². The maximum absolute atomic E-state index is 11.8. The Morgan fingerprint density at radius 2 is 2.18 bits per heavy atom. The molecule has 1 amide bonds. The van der Waals surface area contributed by atoms with Gasteiger partial charge < -0.3 is 10.2 Å². The van der Waals surface area contributed by atoms with E-state index in [-0.39, 0.29) is 17.4 Å². The lowest BCUT2D eigenvalue weighted by molar-refractivity contribution is -0.129.